The maximum Gasteiger partial charge on any atom is 0.359 e. The number of rotatable bonds is 9. The van der Waals surface area contributed by atoms with Crippen LogP contribution in [0.2, 0.25) is 0 Å². The van der Waals surface area contributed by atoms with Crippen LogP contribution in [0.3, 0.4) is 0 Å². The van der Waals surface area contributed by atoms with Crippen molar-refractivity contribution >= 4 is 7.60 Å². The highest BCUT2D eigenvalue weighted by molar-refractivity contribution is 7.54. The smallest absolute Gasteiger partial charge is 0.359 e. The average Bonchev–Trinajstić information content (AvgIpc) is 2.61. The van der Waals surface area contributed by atoms with E-state index in [0.717, 1.165) is 25.7 Å². The lowest BCUT2D eigenvalue weighted by atomic mass is 9.75. The Labute approximate surface area is 179 Å². The van der Waals surface area contributed by atoms with Crippen LogP contribution in [0.1, 0.15) is 86.5 Å². The summed E-state index contributed by atoms with van der Waals surface area (Å²) in [4.78, 5) is 0. The molecule has 0 radical (unpaired) electrons. The molecule has 2 rings (SSSR count). The largest absolute Gasteiger partial charge is 0.380 e. The molecule has 0 aromatic rings. The van der Waals surface area contributed by atoms with Gasteiger partial charge in [0.2, 0.25) is 0 Å². The molecule has 2 aliphatic rings. The van der Waals surface area contributed by atoms with Gasteiger partial charge in [-0.3, -0.25) is 4.57 Å². The Balaban J connectivity index is 2.27. The predicted octanol–water partition coefficient (Wildman–Crippen LogP) is 7.03. The highest BCUT2D eigenvalue weighted by Crippen LogP contribution is 2.59. The van der Waals surface area contributed by atoms with Crippen LogP contribution in [-0.4, -0.2) is 23.2 Å². The van der Waals surface area contributed by atoms with Crippen molar-refractivity contribution in [3.8, 4) is 0 Å². The van der Waals surface area contributed by atoms with E-state index >= 15 is 0 Å². The molecule has 0 saturated heterocycles. The van der Waals surface area contributed by atoms with Gasteiger partial charge in [0.25, 0.3) is 0 Å². The molecule has 2 saturated carbocycles. The summed E-state index contributed by atoms with van der Waals surface area (Å²) < 4.78 is 26.7. The van der Waals surface area contributed by atoms with Crippen molar-refractivity contribution in [1.82, 2.24) is 0 Å². The summed E-state index contributed by atoms with van der Waals surface area (Å²) in [7, 11) is -3.69. The second-order valence-electron chi connectivity index (χ2n) is 10.5. The van der Waals surface area contributed by atoms with Crippen LogP contribution in [0.25, 0.3) is 0 Å². The topological polar surface area (TPSA) is 55.8 Å². The van der Waals surface area contributed by atoms with Gasteiger partial charge in [-0.25, -0.2) is 0 Å². The van der Waals surface area contributed by atoms with Gasteiger partial charge in [-0.2, -0.15) is 0 Å². The fraction of sp³-hybridized carbons (Fsp3) is 0.917. The molecular formula is C24H45O4P. The number of hydrogen-bond donors (Lipinski definition) is 1. The first kappa shape index (κ1) is 25.1. The minimum Gasteiger partial charge on any atom is -0.380 e. The fourth-order valence-corrected chi connectivity index (χ4v) is 7.27. The zero-order valence-electron chi connectivity index (χ0n) is 19.5. The maximum atomic E-state index is 14.0. The van der Waals surface area contributed by atoms with Gasteiger partial charge in [0.05, 0.1) is 12.2 Å². The minimum absolute atomic E-state index is 0.123. The van der Waals surface area contributed by atoms with Gasteiger partial charge >= 0.3 is 7.60 Å². The van der Waals surface area contributed by atoms with E-state index in [0.29, 0.717) is 35.5 Å². The normalized spacial score (nSPS) is 35.1. The van der Waals surface area contributed by atoms with Gasteiger partial charge in [-0.05, 0) is 61.2 Å². The quantitative estimate of drug-likeness (QED) is 0.316. The summed E-state index contributed by atoms with van der Waals surface area (Å²) in [5, 5.41) is 10.8. The van der Waals surface area contributed by atoms with Gasteiger partial charge < -0.3 is 14.2 Å². The van der Waals surface area contributed by atoms with E-state index in [9.17, 15) is 9.67 Å². The van der Waals surface area contributed by atoms with Crippen LogP contribution in [0.15, 0.2) is 12.7 Å². The predicted molar refractivity (Wildman–Crippen MR) is 121 cm³/mol. The summed E-state index contributed by atoms with van der Waals surface area (Å²) in [5.74, 6) is 1.55. The van der Waals surface area contributed by atoms with E-state index < -0.39 is 13.4 Å². The standard InChI is InChI=1S/C24H45O4P/c1-8-9-24(25)29(26,27-22-14-18(6)10-12-20(22)16(2)3)28-23-15-19(7)11-13-21(23)17(4)5/h8,16-25H,1,9-15H2,2-7H3/t18-,19-,20+,21+,22-,23-,24-/m1/s1. The SMILES string of the molecule is C=CC[C@H](O)P(=O)(O[C@@H]1C[C@H](C)CC[C@H]1C(C)C)O[C@@H]1C[C@H](C)CC[C@H]1C(C)C. The van der Waals surface area contributed by atoms with Crippen LogP contribution in [0, 0.1) is 35.5 Å². The summed E-state index contributed by atoms with van der Waals surface area (Å²) in [6.07, 6.45) is 7.86. The second kappa shape index (κ2) is 10.9. The first-order chi connectivity index (χ1) is 13.6. The average molecular weight is 429 g/mol. The third kappa shape index (κ3) is 6.66. The van der Waals surface area contributed by atoms with E-state index in [-0.39, 0.29) is 18.6 Å². The number of aliphatic hydroxyl groups excluding tert-OH is 1. The molecule has 0 aromatic heterocycles. The maximum absolute atomic E-state index is 14.0. The molecule has 0 aliphatic heterocycles. The lowest BCUT2D eigenvalue weighted by Crippen LogP contribution is -2.37. The number of aliphatic hydroxyl groups is 1. The van der Waals surface area contributed by atoms with Crippen LogP contribution in [0.4, 0.5) is 0 Å². The van der Waals surface area contributed by atoms with Crippen molar-refractivity contribution < 1.29 is 18.7 Å². The lowest BCUT2D eigenvalue weighted by Gasteiger charge is -2.42. The van der Waals surface area contributed by atoms with Crippen LogP contribution < -0.4 is 0 Å². The van der Waals surface area contributed by atoms with Crippen molar-refractivity contribution in [1.29, 1.82) is 0 Å². The molecule has 0 heterocycles. The van der Waals surface area contributed by atoms with Crippen LogP contribution >= 0.6 is 7.60 Å². The molecular weight excluding hydrogens is 383 g/mol. The van der Waals surface area contributed by atoms with Crippen LogP contribution in [0.5, 0.6) is 0 Å². The third-order valence-electron chi connectivity index (χ3n) is 7.23. The number of hydrogen-bond acceptors (Lipinski definition) is 4. The summed E-state index contributed by atoms with van der Waals surface area (Å²) >= 11 is 0. The van der Waals surface area contributed by atoms with Gasteiger partial charge in [-0.1, -0.05) is 60.5 Å². The zero-order chi connectivity index (χ0) is 21.8. The Morgan fingerprint density at radius 1 is 0.931 bits per heavy atom. The van der Waals surface area contributed by atoms with Crippen molar-refractivity contribution in [3.63, 3.8) is 0 Å². The summed E-state index contributed by atoms with van der Waals surface area (Å²) in [5.41, 5.74) is 0. The fourth-order valence-electron chi connectivity index (χ4n) is 5.29. The van der Waals surface area contributed by atoms with E-state index in [1.807, 2.05) is 0 Å². The Morgan fingerprint density at radius 2 is 1.34 bits per heavy atom. The summed E-state index contributed by atoms with van der Waals surface area (Å²) in [6, 6.07) is 0. The van der Waals surface area contributed by atoms with Crippen LogP contribution in [-0.2, 0) is 13.6 Å². The highest BCUT2D eigenvalue weighted by Gasteiger charge is 2.45. The first-order valence-electron chi connectivity index (χ1n) is 11.8. The summed E-state index contributed by atoms with van der Waals surface area (Å²) in [6.45, 7) is 17.0. The zero-order valence-corrected chi connectivity index (χ0v) is 20.4. The molecule has 4 nitrogen and oxygen atoms in total. The molecule has 2 aliphatic carbocycles. The van der Waals surface area contributed by atoms with E-state index in [1.165, 1.54) is 12.8 Å². The first-order valence-corrected chi connectivity index (χ1v) is 13.4. The van der Waals surface area contributed by atoms with Gasteiger partial charge in [0, 0.05) is 6.42 Å². The molecule has 7 atom stereocenters. The Kier molecular flexibility index (Phi) is 9.47. The third-order valence-corrected chi connectivity index (χ3v) is 9.30. The van der Waals surface area contributed by atoms with Crippen molar-refractivity contribution in [3.05, 3.63) is 12.7 Å². The van der Waals surface area contributed by atoms with Gasteiger partial charge in [0.15, 0.2) is 5.85 Å². The van der Waals surface area contributed by atoms with Gasteiger partial charge in [0.1, 0.15) is 0 Å². The molecule has 170 valence electrons. The molecule has 2 fully saturated rings. The minimum atomic E-state index is -3.69. The molecule has 0 unspecified atom stereocenters. The molecule has 5 heteroatoms. The van der Waals surface area contributed by atoms with Crippen molar-refractivity contribution in [2.75, 3.05) is 0 Å². The van der Waals surface area contributed by atoms with Gasteiger partial charge in [-0.15, -0.1) is 6.58 Å². The molecule has 0 aromatic carbocycles. The van der Waals surface area contributed by atoms with Crippen molar-refractivity contribution in [2.45, 2.75) is 105 Å². The van der Waals surface area contributed by atoms with E-state index in [4.69, 9.17) is 9.05 Å². The molecule has 1 N–H and O–H groups in total. The lowest BCUT2D eigenvalue weighted by molar-refractivity contribution is -0.0149. The van der Waals surface area contributed by atoms with Crippen molar-refractivity contribution in [2.24, 2.45) is 35.5 Å². The second-order valence-corrected chi connectivity index (χ2v) is 12.6. The van der Waals surface area contributed by atoms with E-state index in [2.05, 4.69) is 48.1 Å². The monoisotopic (exact) mass is 428 g/mol. The van der Waals surface area contributed by atoms with E-state index in [1.54, 1.807) is 6.08 Å². The molecule has 29 heavy (non-hydrogen) atoms. The molecule has 0 bridgehead atoms. The Bertz CT molecular complexity index is 523. The molecule has 0 amide bonds. The Hall–Kier alpha value is -0.150. The Morgan fingerprint density at radius 3 is 1.69 bits per heavy atom. The highest BCUT2D eigenvalue weighted by atomic mass is 31.2. The molecule has 0 spiro atoms.